The van der Waals surface area contributed by atoms with Gasteiger partial charge in [0.25, 0.3) is 0 Å². The lowest BCUT2D eigenvalue weighted by molar-refractivity contribution is -0.113. The predicted molar refractivity (Wildman–Crippen MR) is 95.1 cm³/mol. The molecule has 0 spiro atoms. The molecule has 2 rings (SSSR count). The van der Waals surface area contributed by atoms with Crippen molar-refractivity contribution in [3.05, 3.63) is 49.5 Å². The molecule has 0 saturated heterocycles. The van der Waals surface area contributed by atoms with Crippen LogP contribution in [0.15, 0.2) is 29.4 Å². The van der Waals surface area contributed by atoms with Crippen LogP contribution in [0, 0.1) is 0 Å². The maximum atomic E-state index is 12.0. The van der Waals surface area contributed by atoms with E-state index in [9.17, 15) is 4.79 Å². The Morgan fingerprint density at radius 2 is 1.73 bits per heavy atom. The van der Waals surface area contributed by atoms with E-state index in [1.807, 2.05) is 0 Å². The second-order valence-electron chi connectivity index (χ2n) is 3.97. The van der Waals surface area contributed by atoms with Crippen LogP contribution in [-0.2, 0) is 4.79 Å². The van der Waals surface area contributed by atoms with E-state index in [0.29, 0.717) is 10.0 Å². The van der Waals surface area contributed by atoms with Gasteiger partial charge >= 0.3 is 0 Å². The van der Waals surface area contributed by atoms with Gasteiger partial charge in [0.2, 0.25) is 5.91 Å². The van der Waals surface area contributed by atoms with Crippen LogP contribution in [0.4, 0.5) is 5.69 Å². The molecule has 0 atom stereocenters. The summed E-state index contributed by atoms with van der Waals surface area (Å²) in [5.41, 5.74) is 0.179. The van der Waals surface area contributed by atoms with Gasteiger partial charge in [-0.2, -0.15) is 0 Å². The van der Waals surface area contributed by atoms with Gasteiger partial charge in [-0.15, -0.1) is 0 Å². The SMILES string of the molecule is O=C(CSc1ncccc1Cl)Nc1c(Cl)c(Cl)cc(Cl)c1Cl. The van der Waals surface area contributed by atoms with Crippen LogP contribution in [0.2, 0.25) is 25.1 Å². The Hall–Kier alpha value is -0.360. The van der Waals surface area contributed by atoms with E-state index in [1.165, 1.54) is 17.8 Å². The minimum atomic E-state index is -0.339. The lowest BCUT2D eigenvalue weighted by Gasteiger charge is -2.11. The zero-order chi connectivity index (χ0) is 16.3. The Labute approximate surface area is 156 Å². The quantitative estimate of drug-likeness (QED) is 0.485. The molecular formula is C13H7Cl5N2OS. The first-order valence-electron chi connectivity index (χ1n) is 5.76. The van der Waals surface area contributed by atoms with Gasteiger partial charge in [-0.05, 0) is 18.2 Å². The molecule has 0 aliphatic rings. The predicted octanol–water partition coefficient (Wildman–Crippen LogP) is 6.08. The van der Waals surface area contributed by atoms with Gasteiger partial charge in [0, 0.05) is 6.20 Å². The van der Waals surface area contributed by atoms with Crippen LogP contribution >= 0.6 is 69.8 Å². The largest absolute Gasteiger partial charge is 0.323 e. The molecule has 0 unspecified atom stereocenters. The van der Waals surface area contributed by atoms with Gasteiger partial charge in [-0.25, -0.2) is 4.98 Å². The molecule has 2 aromatic rings. The number of pyridine rings is 1. The van der Waals surface area contributed by atoms with Crippen molar-refractivity contribution >= 4 is 81.4 Å². The van der Waals surface area contributed by atoms with Gasteiger partial charge in [0.1, 0.15) is 5.03 Å². The van der Waals surface area contributed by atoms with Gasteiger partial charge in [0.15, 0.2) is 0 Å². The maximum Gasteiger partial charge on any atom is 0.234 e. The molecule has 22 heavy (non-hydrogen) atoms. The van der Waals surface area contributed by atoms with Crippen molar-refractivity contribution in [3.8, 4) is 0 Å². The summed E-state index contributed by atoms with van der Waals surface area (Å²) in [5.74, 6) is -0.262. The summed E-state index contributed by atoms with van der Waals surface area (Å²) >= 11 is 31.0. The van der Waals surface area contributed by atoms with Crippen molar-refractivity contribution in [1.82, 2.24) is 4.98 Å². The van der Waals surface area contributed by atoms with E-state index in [4.69, 9.17) is 58.0 Å². The van der Waals surface area contributed by atoms with E-state index in [1.54, 1.807) is 18.3 Å². The van der Waals surface area contributed by atoms with Gasteiger partial charge in [-0.1, -0.05) is 69.8 Å². The minimum absolute atomic E-state index is 0.0769. The molecule has 0 aliphatic heterocycles. The number of aromatic nitrogens is 1. The van der Waals surface area contributed by atoms with Crippen molar-refractivity contribution in [3.63, 3.8) is 0 Å². The number of anilines is 1. The minimum Gasteiger partial charge on any atom is -0.323 e. The highest BCUT2D eigenvalue weighted by Crippen LogP contribution is 2.41. The number of carbonyl (C=O) groups is 1. The first-order chi connectivity index (χ1) is 10.4. The number of carbonyl (C=O) groups excluding carboxylic acids is 1. The number of nitrogens with zero attached hydrogens (tertiary/aromatic N) is 1. The number of amides is 1. The number of thioether (sulfide) groups is 1. The number of hydrogen-bond acceptors (Lipinski definition) is 3. The number of rotatable bonds is 4. The molecule has 1 aromatic carbocycles. The normalized spacial score (nSPS) is 10.6. The fraction of sp³-hybridized carbons (Fsp3) is 0.0769. The molecule has 1 N–H and O–H groups in total. The van der Waals surface area contributed by atoms with Crippen LogP contribution in [0.3, 0.4) is 0 Å². The molecule has 1 amide bonds. The van der Waals surface area contributed by atoms with E-state index in [0.717, 1.165) is 0 Å². The van der Waals surface area contributed by atoms with Gasteiger partial charge in [-0.3, -0.25) is 4.79 Å². The van der Waals surface area contributed by atoms with Crippen LogP contribution in [0.25, 0.3) is 0 Å². The van der Waals surface area contributed by atoms with Crippen molar-refractivity contribution in [2.75, 3.05) is 11.1 Å². The van der Waals surface area contributed by atoms with Crippen LogP contribution in [0.1, 0.15) is 0 Å². The van der Waals surface area contributed by atoms with Crippen molar-refractivity contribution in [2.45, 2.75) is 5.03 Å². The highest BCUT2D eigenvalue weighted by Gasteiger charge is 2.16. The maximum absolute atomic E-state index is 12.0. The summed E-state index contributed by atoms with van der Waals surface area (Å²) in [6, 6.07) is 4.81. The third-order valence-corrected chi connectivity index (χ3v) is 5.44. The summed E-state index contributed by atoms with van der Waals surface area (Å²) in [5, 5.41) is 4.28. The highest BCUT2D eigenvalue weighted by atomic mass is 35.5. The zero-order valence-electron chi connectivity index (χ0n) is 10.7. The van der Waals surface area contributed by atoms with Crippen LogP contribution in [0.5, 0.6) is 0 Å². The van der Waals surface area contributed by atoms with Crippen LogP contribution < -0.4 is 5.32 Å². The Morgan fingerprint density at radius 3 is 2.32 bits per heavy atom. The molecule has 0 fully saturated rings. The average Bonchev–Trinajstić information content (AvgIpc) is 2.49. The third-order valence-electron chi connectivity index (χ3n) is 2.44. The van der Waals surface area contributed by atoms with E-state index < -0.39 is 0 Å². The monoisotopic (exact) mass is 414 g/mol. The Bertz CT molecular complexity index is 700. The number of benzene rings is 1. The standard InChI is InChI=1S/C13H7Cl5N2OS/c14-6-2-1-3-19-13(6)22-5-9(21)20-12-10(17)7(15)4-8(16)11(12)18/h1-4H,5H2,(H,20,21). The molecule has 3 nitrogen and oxygen atoms in total. The molecule has 1 heterocycles. The summed E-state index contributed by atoms with van der Waals surface area (Å²) in [6.45, 7) is 0. The zero-order valence-corrected chi connectivity index (χ0v) is 15.3. The fourth-order valence-electron chi connectivity index (χ4n) is 1.47. The first-order valence-corrected chi connectivity index (χ1v) is 8.64. The van der Waals surface area contributed by atoms with Gasteiger partial charge < -0.3 is 5.32 Å². The fourth-order valence-corrected chi connectivity index (χ4v) is 3.34. The molecular weight excluding hydrogens is 409 g/mol. The Morgan fingerprint density at radius 1 is 1.09 bits per heavy atom. The first kappa shape index (κ1) is 18.0. The summed E-state index contributed by atoms with van der Waals surface area (Å²) in [6.07, 6.45) is 1.59. The van der Waals surface area contributed by atoms with E-state index in [2.05, 4.69) is 10.3 Å². The Kier molecular flexibility index (Phi) is 6.50. The second kappa shape index (κ2) is 7.95. The van der Waals surface area contributed by atoms with Crippen molar-refractivity contribution < 1.29 is 4.79 Å². The average molecular weight is 417 g/mol. The molecule has 0 bridgehead atoms. The smallest absolute Gasteiger partial charge is 0.234 e. The summed E-state index contributed by atoms with van der Waals surface area (Å²) in [7, 11) is 0. The lowest BCUT2D eigenvalue weighted by Crippen LogP contribution is -2.15. The van der Waals surface area contributed by atoms with Gasteiger partial charge in [0.05, 0.1) is 36.6 Å². The van der Waals surface area contributed by atoms with Crippen LogP contribution in [-0.4, -0.2) is 16.6 Å². The van der Waals surface area contributed by atoms with Crippen molar-refractivity contribution in [2.24, 2.45) is 0 Å². The van der Waals surface area contributed by atoms with Crippen molar-refractivity contribution in [1.29, 1.82) is 0 Å². The molecule has 1 aromatic heterocycles. The van der Waals surface area contributed by atoms with E-state index in [-0.39, 0.29) is 37.4 Å². The second-order valence-corrected chi connectivity index (χ2v) is 6.91. The number of hydrogen-bond donors (Lipinski definition) is 1. The summed E-state index contributed by atoms with van der Waals surface area (Å²) in [4.78, 5) is 16.1. The number of nitrogens with one attached hydrogen (secondary N) is 1. The molecule has 0 aliphatic carbocycles. The molecule has 0 saturated carbocycles. The molecule has 0 radical (unpaired) electrons. The molecule has 116 valence electrons. The number of halogens is 5. The Balaban J connectivity index is 2.09. The van der Waals surface area contributed by atoms with E-state index >= 15 is 0 Å². The topological polar surface area (TPSA) is 42.0 Å². The third kappa shape index (κ3) is 4.34. The highest BCUT2D eigenvalue weighted by molar-refractivity contribution is 8.00. The molecule has 9 heteroatoms. The summed E-state index contributed by atoms with van der Waals surface area (Å²) < 4.78 is 0. The lowest BCUT2D eigenvalue weighted by atomic mass is 10.3.